The van der Waals surface area contributed by atoms with Gasteiger partial charge in [0.05, 0.1) is 14.2 Å². The molecule has 0 amide bonds. The van der Waals surface area contributed by atoms with Crippen molar-refractivity contribution in [3.05, 3.63) is 117 Å². The zero-order valence-electron chi connectivity index (χ0n) is 22.7. The molecule has 1 radical (unpaired) electrons. The van der Waals surface area contributed by atoms with E-state index in [0.717, 1.165) is 6.42 Å². The maximum Gasteiger partial charge on any atom is 0.0796 e. The van der Waals surface area contributed by atoms with Crippen LogP contribution in [0.2, 0.25) is 13.1 Å². The molecule has 1 unspecified atom stereocenters. The first-order valence-electron chi connectivity index (χ1n) is 12.9. The number of hydrogen-bond acceptors (Lipinski definition) is 1. The highest BCUT2D eigenvalue weighted by molar-refractivity contribution is 6.71. The Bertz CT molecular complexity index is 1280. The van der Waals surface area contributed by atoms with E-state index in [2.05, 4.69) is 133 Å². The first-order chi connectivity index (χ1) is 16.7. The molecule has 0 aromatic heterocycles. The van der Waals surface area contributed by atoms with Crippen LogP contribution in [0.3, 0.4) is 0 Å². The standard InChI is InChI=1S/C33H40NSi/c1-22(2)34-32-26(6)24(4)23(3)25(5)31(32)33(28-18-12-13-19-28,27-16-10-9-11-17-27)29-20-14-15-21-30(29)35(7)8/h9-18,20-22,34H,19H2,1-8H3. The van der Waals surface area contributed by atoms with Gasteiger partial charge in [-0.25, -0.2) is 0 Å². The highest BCUT2D eigenvalue weighted by Gasteiger charge is 2.45. The molecule has 1 atom stereocenters. The largest absolute Gasteiger partial charge is 0.382 e. The topological polar surface area (TPSA) is 12.0 Å². The molecule has 4 rings (SSSR count). The Morgan fingerprint density at radius 2 is 1.43 bits per heavy atom. The predicted molar refractivity (Wildman–Crippen MR) is 156 cm³/mol. The molecule has 1 N–H and O–H groups in total. The van der Waals surface area contributed by atoms with Gasteiger partial charge in [0.1, 0.15) is 0 Å². The van der Waals surface area contributed by atoms with Gasteiger partial charge in [0.15, 0.2) is 0 Å². The molecule has 0 heterocycles. The van der Waals surface area contributed by atoms with Gasteiger partial charge < -0.3 is 5.32 Å². The molecular formula is C33H40NSi. The molecule has 181 valence electrons. The van der Waals surface area contributed by atoms with Crippen molar-refractivity contribution in [2.24, 2.45) is 0 Å². The van der Waals surface area contributed by atoms with Crippen LogP contribution in [0.25, 0.3) is 0 Å². The molecule has 2 heteroatoms. The SMILES string of the molecule is Cc1c(C)c(C)c(C(C2=CC=CC2)(c2ccccc2)c2ccccc2[Si](C)C)c(NC(C)C)c1C. The first kappa shape index (κ1) is 25.3. The quantitative estimate of drug-likeness (QED) is 0.269. The Morgan fingerprint density at radius 1 is 0.800 bits per heavy atom. The van der Waals surface area contributed by atoms with Crippen molar-refractivity contribution in [3.8, 4) is 0 Å². The van der Waals surface area contributed by atoms with Gasteiger partial charge in [0, 0.05) is 11.7 Å². The fourth-order valence-electron chi connectivity index (χ4n) is 5.86. The second kappa shape index (κ2) is 10.0. The van der Waals surface area contributed by atoms with Crippen LogP contribution in [0.4, 0.5) is 5.69 Å². The highest BCUT2D eigenvalue weighted by atomic mass is 28.3. The smallest absolute Gasteiger partial charge is 0.0796 e. The van der Waals surface area contributed by atoms with E-state index in [9.17, 15) is 0 Å². The Kier molecular flexibility index (Phi) is 7.24. The average Bonchev–Trinajstić information content (AvgIpc) is 3.39. The molecule has 3 aromatic carbocycles. The van der Waals surface area contributed by atoms with Crippen molar-refractivity contribution in [1.82, 2.24) is 0 Å². The van der Waals surface area contributed by atoms with Crippen LogP contribution < -0.4 is 10.5 Å². The molecule has 0 spiro atoms. The van der Waals surface area contributed by atoms with Crippen LogP contribution in [0.1, 0.15) is 59.2 Å². The molecule has 1 nitrogen and oxygen atoms in total. The van der Waals surface area contributed by atoms with Gasteiger partial charge in [-0.15, -0.1) is 0 Å². The molecule has 0 bridgehead atoms. The monoisotopic (exact) mass is 478 g/mol. The lowest BCUT2D eigenvalue weighted by molar-refractivity contribution is 0.705. The highest BCUT2D eigenvalue weighted by Crippen LogP contribution is 2.52. The van der Waals surface area contributed by atoms with Crippen molar-refractivity contribution in [3.63, 3.8) is 0 Å². The van der Waals surface area contributed by atoms with E-state index in [4.69, 9.17) is 0 Å². The summed E-state index contributed by atoms with van der Waals surface area (Å²) in [5, 5.41) is 5.44. The van der Waals surface area contributed by atoms with Crippen molar-refractivity contribution in [2.45, 2.75) is 72.5 Å². The molecule has 1 aliphatic carbocycles. The van der Waals surface area contributed by atoms with Crippen LogP contribution in [-0.2, 0) is 5.41 Å². The molecule has 0 fully saturated rings. The maximum atomic E-state index is 3.93. The fourth-order valence-corrected chi connectivity index (χ4v) is 7.10. The summed E-state index contributed by atoms with van der Waals surface area (Å²) in [4.78, 5) is 0. The number of benzene rings is 3. The molecule has 0 saturated heterocycles. The van der Waals surface area contributed by atoms with Gasteiger partial charge in [0.2, 0.25) is 0 Å². The van der Waals surface area contributed by atoms with Crippen molar-refractivity contribution < 1.29 is 0 Å². The minimum Gasteiger partial charge on any atom is -0.382 e. The van der Waals surface area contributed by atoms with E-state index >= 15 is 0 Å². The van der Waals surface area contributed by atoms with E-state index in [1.807, 2.05) is 0 Å². The van der Waals surface area contributed by atoms with Crippen LogP contribution >= 0.6 is 0 Å². The number of hydrogen-bond donors (Lipinski definition) is 1. The fraction of sp³-hybridized carbons (Fsp3) is 0.333. The van der Waals surface area contributed by atoms with Gasteiger partial charge in [-0.05, 0) is 92.5 Å². The molecule has 3 aromatic rings. The lowest BCUT2D eigenvalue weighted by Gasteiger charge is -2.43. The second-order valence-corrected chi connectivity index (χ2v) is 13.1. The van der Waals surface area contributed by atoms with E-state index in [1.54, 1.807) is 0 Å². The van der Waals surface area contributed by atoms with Gasteiger partial charge in [0.25, 0.3) is 0 Å². The van der Waals surface area contributed by atoms with Gasteiger partial charge in [-0.1, -0.05) is 91.1 Å². The van der Waals surface area contributed by atoms with E-state index < -0.39 is 8.80 Å². The maximum absolute atomic E-state index is 3.93. The first-order valence-corrected chi connectivity index (χ1v) is 15.4. The van der Waals surface area contributed by atoms with Gasteiger partial charge in [-0.2, -0.15) is 0 Å². The summed E-state index contributed by atoms with van der Waals surface area (Å²) in [6, 6.07) is 20.8. The lowest BCUT2D eigenvalue weighted by atomic mass is 9.61. The van der Waals surface area contributed by atoms with E-state index in [-0.39, 0.29) is 5.41 Å². The third kappa shape index (κ3) is 4.23. The third-order valence-electron chi connectivity index (χ3n) is 7.82. The molecule has 0 saturated carbocycles. The molecule has 35 heavy (non-hydrogen) atoms. The van der Waals surface area contributed by atoms with Crippen LogP contribution in [0, 0.1) is 27.7 Å². The number of nitrogens with one attached hydrogen (secondary N) is 1. The minimum atomic E-state index is -0.711. The summed E-state index contributed by atoms with van der Waals surface area (Å²) in [5.74, 6) is 0. The third-order valence-corrected chi connectivity index (χ3v) is 9.34. The van der Waals surface area contributed by atoms with Crippen LogP contribution in [-0.4, -0.2) is 14.8 Å². The summed E-state index contributed by atoms with van der Waals surface area (Å²) in [7, 11) is -0.711. The van der Waals surface area contributed by atoms with Crippen molar-refractivity contribution >= 4 is 19.7 Å². The normalized spacial score (nSPS) is 15.0. The predicted octanol–water partition coefficient (Wildman–Crippen LogP) is 7.92. The Morgan fingerprint density at radius 3 is 2.03 bits per heavy atom. The van der Waals surface area contributed by atoms with Crippen LogP contribution in [0.5, 0.6) is 0 Å². The molecule has 1 aliphatic rings. The number of rotatable bonds is 7. The average molecular weight is 479 g/mol. The lowest BCUT2D eigenvalue weighted by Crippen LogP contribution is -2.42. The summed E-state index contributed by atoms with van der Waals surface area (Å²) >= 11 is 0. The Balaban J connectivity index is 2.29. The summed E-state index contributed by atoms with van der Waals surface area (Å²) < 4.78 is 0. The van der Waals surface area contributed by atoms with Crippen molar-refractivity contribution in [2.75, 3.05) is 5.32 Å². The Hall–Kier alpha value is -2.84. The second-order valence-electron chi connectivity index (χ2n) is 10.5. The molecule has 0 aliphatic heterocycles. The zero-order chi connectivity index (χ0) is 25.3. The molecular weight excluding hydrogens is 438 g/mol. The zero-order valence-corrected chi connectivity index (χ0v) is 23.7. The summed E-state index contributed by atoms with van der Waals surface area (Å²) in [5.41, 5.74) is 12.1. The number of anilines is 1. The number of allylic oxidation sites excluding steroid dienone is 4. The summed E-state index contributed by atoms with van der Waals surface area (Å²) in [6.07, 6.45) is 7.91. The minimum absolute atomic E-state index is 0.338. The Labute approximate surface area is 214 Å². The van der Waals surface area contributed by atoms with E-state index in [0.29, 0.717) is 6.04 Å². The summed E-state index contributed by atoms with van der Waals surface area (Å²) in [6.45, 7) is 18.6. The van der Waals surface area contributed by atoms with Crippen molar-refractivity contribution in [1.29, 1.82) is 0 Å². The van der Waals surface area contributed by atoms with Crippen LogP contribution in [0.15, 0.2) is 78.4 Å². The van der Waals surface area contributed by atoms with E-state index in [1.165, 1.54) is 55.4 Å². The van der Waals surface area contributed by atoms with Gasteiger partial charge >= 0.3 is 0 Å². The van der Waals surface area contributed by atoms with Gasteiger partial charge in [-0.3, -0.25) is 0 Å².